The minimum atomic E-state index is -0.323. The van der Waals surface area contributed by atoms with E-state index >= 15 is 0 Å². The van der Waals surface area contributed by atoms with E-state index in [9.17, 15) is 9.59 Å². The van der Waals surface area contributed by atoms with E-state index in [1.165, 1.54) is 23.4 Å². The minimum Gasteiger partial charge on any atom is -0.492 e. The molecule has 5 nitrogen and oxygen atoms in total. The molecule has 6 heteroatoms. The number of likely N-dealkylation sites (N-methyl/N-ethyl adjacent to an activating group) is 1. The number of hydrogen-bond acceptors (Lipinski definition) is 3. The van der Waals surface area contributed by atoms with Gasteiger partial charge in [-0.2, -0.15) is 0 Å². The van der Waals surface area contributed by atoms with Crippen LogP contribution < -0.4 is 10.2 Å². The number of carbonyl (C=O) groups is 1. The van der Waals surface area contributed by atoms with Crippen molar-refractivity contribution in [2.75, 3.05) is 20.2 Å². The highest BCUT2D eigenvalue weighted by Crippen LogP contribution is 2.15. The van der Waals surface area contributed by atoms with Gasteiger partial charge in [0.05, 0.1) is 6.54 Å². The van der Waals surface area contributed by atoms with E-state index in [1.54, 1.807) is 7.05 Å². The summed E-state index contributed by atoms with van der Waals surface area (Å²) in [5, 5.41) is 0. The molecule has 0 bridgehead atoms. The molecule has 1 heterocycles. The van der Waals surface area contributed by atoms with Gasteiger partial charge in [-0.05, 0) is 24.3 Å². The zero-order chi connectivity index (χ0) is 15.2. The highest BCUT2D eigenvalue weighted by Gasteiger charge is 2.14. The lowest BCUT2D eigenvalue weighted by molar-refractivity contribution is 0.0772. The number of nitrogens with one attached hydrogen (secondary N) is 1. The van der Waals surface area contributed by atoms with E-state index < -0.39 is 0 Å². The zero-order valence-corrected chi connectivity index (χ0v) is 13.1. The highest BCUT2D eigenvalue weighted by molar-refractivity contribution is 9.10. The van der Waals surface area contributed by atoms with Crippen LogP contribution in [0.15, 0.2) is 52.0 Å². The molecule has 0 radical (unpaired) electrons. The predicted molar refractivity (Wildman–Crippen MR) is 83.7 cm³/mol. The van der Waals surface area contributed by atoms with Gasteiger partial charge < -0.3 is 14.6 Å². The topological polar surface area (TPSA) is 62.4 Å². The van der Waals surface area contributed by atoms with Crippen molar-refractivity contribution in [3.05, 3.63) is 63.0 Å². The number of aromatic amines is 1. The predicted octanol–water partition coefficient (Wildman–Crippen LogP) is 2.29. The van der Waals surface area contributed by atoms with E-state index in [0.29, 0.717) is 13.2 Å². The number of hydrogen-bond donors (Lipinski definition) is 1. The molecular formula is C15H15BrN2O3. The molecule has 0 spiro atoms. The molecule has 110 valence electrons. The van der Waals surface area contributed by atoms with Gasteiger partial charge in [0.2, 0.25) is 0 Å². The van der Waals surface area contributed by atoms with Crippen LogP contribution >= 0.6 is 15.9 Å². The first-order valence-corrected chi connectivity index (χ1v) is 7.18. The second-order valence-corrected chi connectivity index (χ2v) is 5.37. The standard InChI is InChI=1S/C15H15BrN2O3/c1-18(15(20)13-10-17-7-6-14(13)19)8-9-21-12-4-2-11(16)3-5-12/h2-7,10H,8-9H2,1H3,(H,17,19). The van der Waals surface area contributed by atoms with Crippen LogP contribution in [0.1, 0.15) is 10.4 Å². The molecule has 0 aliphatic carbocycles. The molecule has 1 amide bonds. The van der Waals surface area contributed by atoms with Crippen molar-refractivity contribution in [2.24, 2.45) is 0 Å². The van der Waals surface area contributed by atoms with Gasteiger partial charge in [-0.1, -0.05) is 15.9 Å². The number of benzene rings is 1. The average Bonchev–Trinajstić information content (AvgIpc) is 2.49. The summed E-state index contributed by atoms with van der Waals surface area (Å²) in [6.07, 6.45) is 2.91. The average molecular weight is 351 g/mol. The van der Waals surface area contributed by atoms with Crippen molar-refractivity contribution in [2.45, 2.75) is 0 Å². The maximum absolute atomic E-state index is 12.1. The third kappa shape index (κ3) is 4.19. The minimum absolute atomic E-state index is 0.128. The number of amides is 1. The molecular weight excluding hydrogens is 336 g/mol. The molecule has 1 aromatic carbocycles. The van der Waals surface area contributed by atoms with E-state index in [4.69, 9.17) is 4.74 Å². The fourth-order valence-electron chi connectivity index (χ4n) is 1.72. The van der Waals surface area contributed by atoms with Crippen molar-refractivity contribution in [3.63, 3.8) is 0 Å². The lowest BCUT2D eigenvalue weighted by atomic mass is 10.2. The Bertz CT molecular complexity index is 667. The summed E-state index contributed by atoms with van der Waals surface area (Å²) in [4.78, 5) is 27.9. The Kier molecular flexibility index (Phi) is 5.16. The van der Waals surface area contributed by atoms with Gasteiger partial charge in [0.1, 0.15) is 17.9 Å². The number of ether oxygens (including phenoxy) is 1. The van der Waals surface area contributed by atoms with Gasteiger partial charge in [0, 0.05) is 30.0 Å². The van der Waals surface area contributed by atoms with Crippen LogP contribution in [0, 0.1) is 0 Å². The lowest BCUT2D eigenvalue weighted by Crippen LogP contribution is -2.33. The van der Waals surface area contributed by atoms with Gasteiger partial charge in [0.25, 0.3) is 5.91 Å². The number of carbonyl (C=O) groups excluding carboxylic acids is 1. The zero-order valence-electron chi connectivity index (χ0n) is 11.5. The normalized spacial score (nSPS) is 10.2. The van der Waals surface area contributed by atoms with Crippen LogP contribution in [0.3, 0.4) is 0 Å². The van der Waals surface area contributed by atoms with Crippen LogP contribution in [0.5, 0.6) is 5.75 Å². The van der Waals surface area contributed by atoms with Crippen molar-refractivity contribution in [3.8, 4) is 5.75 Å². The van der Waals surface area contributed by atoms with Crippen LogP contribution in [-0.4, -0.2) is 36.0 Å². The smallest absolute Gasteiger partial charge is 0.259 e. The Morgan fingerprint density at radius 2 is 2.00 bits per heavy atom. The summed E-state index contributed by atoms with van der Waals surface area (Å²) in [5.74, 6) is 0.410. The monoisotopic (exact) mass is 350 g/mol. The molecule has 0 saturated heterocycles. The second-order valence-electron chi connectivity index (χ2n) is 4.45. The van der Waals surface area contributed by atoms with Gasteiger partial charge in [-0.15, -0.1) is 0 Å². The van der Waals surface area contributed by atoms with Gasteiger partial charge in [0.15, 0.2) is 5.43 Å². The maximum Gasteiger partial charge on any atom is 0.259 e. The van der Waals surface area contributed by atoms with Gasteiger partial charge >= 0.3 is 0 Å². The van der Waals surface area contributed by atoms with E-state index in [1.807, 2.05) is 24.3 Å². The first kappa shape index (κ1) is 15.3. The first-order valence-electron chi connectivity index (χ1n) is 6.39. The quantitative estimate of drug-likeness (QED) is 0.899. The third-order valence-corrected chi connectivity index (χ3v) is 3.44. The summed E-state index contributed by atoms with van der Waals surface area (Å²) in [7, 11) is 1.64. The SMILES string of the molecule is CN(CCOc1ccc(Br)cc1)C(=O)c1c[nH]ccc1=O. The first-order chi connectivity index (χ1) is 10.1. The molecule has 2 rings (SSSR count). The van der Waals surface area contributed by atoms with E-state index in [0.717, 1.165) is 10.2 Å². The lowest BCUT2D eigenvalue weighted by Gasteiger charge is -2.17. The summed E-state index contributed by atoms with van der Waals surface area (Å²) in [5.41, 5.74) is -0.164. The maximum atomic E-state index is 12.1. The summed E-state index contributed by atoms with van der Waals surface area (Å²) in [6, 6.07) is 8.78. The van der Waals surface area contributed by atoms with Crippen molar-refractivity contribution < 1.29 is 9.53 Å². The number of pyridine rings is 1. The molecule has 0 aliphatic heterocycles. The van der Waals surface area contributed by atoms with Crippen LogP contribution in [-0.2, 0) is 0 Å². The van der Waals surface area contributed by atoms with Gasteiger partial charge in [-0.25, -0.2) is 0 Å². The number of aromatic nitrogens is 1. The van der Waals surface area contributed by atoms with Crippen LogP contribution in [0.25, 0.3) is 0 Å². The van der Waals surface area contributed by atoms with E-state index in [2.05, 4.69) is 20.9 Å². The van der Waals surface area contributed by atoms with Crippen molar-refractivity contribution in [1.29, 1.82) is 0 Å². The van der Waals surface area contributed by atoms with Crippen molar-refractivity contribution in [1.82, 2.24) is 9.88 Å². The number of rotatable bonds is 5. The summed E-state index contributed by atoms with van der Waals surface area (Å²) < 4.78 is 6.52. The molecule has 0 aliphatic rings. The molecule has 1 aromatic heterocycles. The largest absolute Gasteiger partial charge is 0.492 e. The Labute approximate surface area is 130 Å². The molecule has 1 N–H and O–H groups in total. The molecule has 0 unspecified atom stereocenters. The van der Waals surface area contributed by atoms with Gasteiger partial charge in [-0.3, -0.25) is 9.59 Å². The van der Waals surface area contributed by atoms with Crippen LogP contribution in [0.2, 0.25) is 0 Å². The fourth-order valence-corrected chi connectivity index (χ4v) is 1.99. The summed E-state index contributed by atoms with van der Waals surface area (Å²) in [6.45, 7) is 0.748. The molecule has 21 heavy (non-hydrogen) atoms. The Morgan fingerprint density at radius 3 is 2.67 bits per heavy atom. The second kappa shape index (κ2) is 7.08. The number of H-pyrrole nitrogens is 1. The Morgan fingerprint density at radius 1 is 1.29 bits per heavy atom. The van der Waals surface area contributed by atoms with Crippen molar-refractivity contribution >= 4 is 21.8 Å². The number of nitrogens with zero attached hydrogens (tertiary/aromatic N) is 1. The molecule has 0 atom stereocenters. The molecule has 2 aromatic rings. The van der Waals surface area contributed by atoms with Crippen LogP contribution in [0.4, 0.5) is 0 Å². The third-order valence-electron chi connectivity index (χ3n) is 2.91. The fraction of sp³-hybridized carbons (Fsp3) is 0.200. The molecule has 0 fully saturated rings. The highest BCUT2D eigenvalue weighted by atomic mass is 79.9. The number of halogens is 1. The van der Waals surface area contributed by atoms with E-state index in [-0.39, 0.29) is 16.9 Å². The molecule has 0 saturated carbocycles. The summed E-state index contributed by atoms with van der Waals surface area (Å²) >= 11 is 3.35. The Balaban J connectivity index is 1.88. The Hall–Kier alpha value is -2.08.